The maximum absolute atomic E-state index is 12.4. The van der Waals surface area contributed by atoms with Gasteiger partial charge in [0, 0.05) is 6.54 Å². The molecule has 138 valence electrons. The van der Waals surface area contributed by atoms with Crippen LogP contribution in [-0.2, 0) is 16.0 Å². The lowest BCUT2D eigenvalue weighted by Crippen LogP contribution is -2.55. The third-order valence-corrected chi connectivity index (χ3v) is 4.21. The number of amidine groups is 1. The SMILES string of the molecule is O=C(NCCc1ccc2c(c1)OCO2)C1=NCC(=O)N(c2ccccc2)N1. The molecule has 8 heteroatoms. The third kappa shape index (κ3) is 3.69. The lowest BCUT2D eigenvalue weighted by molar-refractivity contribution is -0.118. The Bertz CT molecular complexity index is 898. The molecule has 0 bridgehead atoms. The lowest BCUT2D eigenvalue weighted by Gasteiger charge is -2.27. The van der Waals surface area contributed by atoms with Gasteiger partial charge in [0.05, 0.1) is 5.69 Å². The monoisotopic (exact) mass is 366 g/mol. The van der Waals surface area contributed by atoms with Gasteiger partial charge in [0.2, 0.25) is 12.6 Å². The van der Waals surface area contributed by atoms with E-state index >= 15 is 0 Å². The molecule has 2 heterocycles. The van der Waals surface area contributed by atoms with Crippen LogP contribution in [0.3, 0.4) is 0 Å². The maximum Gasteiger partial charge on any atom is 0.288 e. The molecule has 2 aromatic carbocycles. The van der Waals surface area contributed by atoms with Crippen LogP contribution in [0.25, 0.3) is 0 Å². The molecule has 0 radical (unpaired) electrons. The van der Waals surface area contributed by atoms with Crippen molar-refractivity contribution in [2.75, 3.05) is 24.9 Å². The zero-order valence-electron chi connectivity index (χ0n) is 14.5. The largest absolute Gasteiger partial charge is 0.454 e. The predicted octanol–water partition coefficient (Wildman–Crippen LogP) is 1.02. The molecule has 4 rings (SSSR count). The number of hydrogen-bond acceptors (Lipinski definition) is 6. The highest BCUT2D eigenvalue weighted by atomic mass is 16.7. The number of amides is 2. The molecule has 27 heavy (non-hydrogen) atoms. The molecule has 0 saturated carbocycles. The molecule has 0 aliphatic carbocycles. The number of aliphatic imine (C=N–C) groups is 1. The number of nitrogens with one attached hydrogen (secondary N) is 2. The van der Waals surface area contributed by atoms with Crippen molar-refractivity contribution in [3.63, 3.8) is 0 Å². The van der Waals surface area contributed by atoms with E-state index in [1.165, 1.54) is 5.01 Å². The zero-order valence-corrected chi connectivity index (χ0v) is 14.5. The van der Waals surface area contributed by atoms with E-state index in [9.17, 15) is 9.59 Å². The van der Waals surface area contributed by atoms with E-state index in [1.54, 1.807) is 12.1 Å². The molecule has 0 atom stereocenters. The fraction of sp³-hybridized carbons (Fsp3) is 0.211. The minimum Gasteiger partial charge on any atom is -0.454 e. The Balaban J connectivity index is 1.33. The summed E-state index contributed by atoms with van der Waals surface area (Å²) in [6.07, 6.45) is 0.636. The van der Waals surface area contributed by atoms with Crippen molar-refractivity contribution in [3.8, 4) is 11.5 Å². The van der Waals surface area contributed by atoms with Gasteiger partial charge >= 0.3 is 0 Å². The Hall–Kier alpha value is -3.55. The molecular formula is C19H18N4O4. The van der Waals surface area contributed by atoms with Crippen LogP contribution in [0.4, 0.5) is 5.69 Å². The number of benzene rings is 2. The number of carbonyl (C=O) groups excluding carboxylic acids is 2. The van der Waals surface area contributed by atoms with Crippen molar-refractivity contribution in [2.24, 2.45) is 4.99 Å². The van der Waals surface area contributed by atoms with Gasteiger partial charge in [0.15, 0.2) is 11.5 Å². The summed E-state index contributed by atoms with van der Waals surface area (Å²) in [7, 11) is 0. The summed E-state index contributed by atoms with van der Waals surface area (Å²) in [5.41, 5.74) is 4.47. The fourth-order valence-electron chi connectivity index (χ4n) is 2.83. The molecule has 2 aliphatic heterocycles. The van der Waals surface area contributed by atoms with Crippen LogP contribution in [0, 0.1) is 0 Å². The summed E-state index contributed by atoms with van der Waals surface area (Å²) in [4.78, 5) is 28.5. The van der Waals surface area contributed by atoms with E-state index in [-0.39, 0.29) is 31.0 Å². The second kappa shape index (κ2) is 7.36. The Morgan fingerprint density at radius 1 is 1.15 bits per heavy atom. The summed E-state index contributed by atoms with van der Waals surface area (Å²) >= 11 is 0. The van der Waals surface area contributed by atoms with E-state index in [2.05, 4.69) is 15.7 Å². The average Bonchev–Trinajstić information content (AvgIpc) is 3.17. The minimum atomic E-state index is -0.357. The van der Waals surface area contributed by atoms with Crippen molar-refractivity contribution < 1.29 is 19.1 Å². The number of rotatable bonds is 5. The fourth-order valence-corrected chi connectivity index (χ4v) is 2.83. The number of ether oxygens (including phenoxy) is 2. The third-order valence-electron chi connectivity index (χ3n) is 4.21. The number of para-hydroxylation sites is 1. The average molecular weight is 366 g/mol. The van der Waals surface area contributed by atoms with Gasteiger partial charge in [-0.15, -0.1) is 0 Å². The van der Waals surface area contributed by atoms with E-state index in [1.807, 2.05) is 36.4 Å². The van der Waals surface area contributed by atoms with E-state index in [4.69, 9.17) is 9.47 Å². The van der Waals surface area contributed by atoms with Gasteiger partial charge < -0.3 is 14.8 Å². The molecule has 2 aromatic rings. The summed E-state index contributed by atoms with van der Waals surface area (Å²) in [6.45, 7) is 0.586. The highest BCUT2D eigenvalue weighted by Crippen LogP contribution is 2.32. The Morgan fingerprint density at radius 2 is 1.96 bits per heavy atom. The van der Waals surface area contributed by atoms with Crippen LogP contribution in [0.2, 0.25) is 0 Å². The summed E-state index contributed by atoms with van der Waals surface area (Å²) in [5.74, 6) is 0.981. The molecule has 2 N–H and O–H groups in total. The van der Waals surface area contributed by atoms with E-state index in [0.29, 0.717) is 24.4 Å². The molecular weight excluding hydrogens is 348 g/mol. The van der Waals surface area contributed by atoms with Crippen LogP contribution in [-0.4, -0.2) is 37.5 Å². The zero-order chi connectivity index (χ0) is 18.6. The van der Waals surface area contributed by atoms with Gasteiger partial charge in [-0.3, -0.25) is 20.0 Å². The minimum absolute atomic E-state index is 0.0766. The van der Waals surface area contributed by atoms with Gasteiger partial charge in [0.1, 0.15) is 6.54 Å². The predicted molar refractivity (Wildman–Crippen MR) is 98.6 cm³/mol. The highest BCUT2D eigenvalue weighted by Gasteiger charge is 2.25. The molecule has 0 unspecified atom stereocenters. The van der Waals surface area contributed by atoms with Gasteiger partial charge in [-0.25, -0.2) is 5.01 Å². The molecule has 0 fully saturated rings. The first-order valence-corrected chi connectivity index (χ1v) is 8.56. The van der Waals surface area contributed by atoms with Crippen molar-refractivity contribution in [1.82, 2.24) is 10.7 Å². The number of carbonyl (C=O) groups is 2. The number of hydrazine groups is 1. The molecule has 0 aromatic heterocycles. The van der Waals surface area contributed by atoms with Gasteiger partial charge in [-0.1, -0.05) is 24.3 Å². The first-order valence-electron chi connectivity index (χ1n) is 8.56. The van der Waals surface area contributed by atoms with Crippen LogP contribution in [0.15, 0.2) is 53.5 Å². The smallest absolute Gasteiger partial charge is 0.288 e. The molecule has 8 nitrogen and oxygen atoms in total. The first-order chi connectivity index (χ1) is 13.2. The van der Waals surface area contributed by atoms with Crippen molar-refractivity contribution in [3.05, 3.63) is 54.1 Å². The number of hydrogen-bond donors (Lipinski definition) is 2. The van der Waals surface area contributed by atoms with Gasteiger partial charge in [0.25, 0.3) is 11.8 Å². The summed E-state index contributed by atoms with van der Waals surface area (Å²) in [5, 5.41) is 4.15. The van der Waals surface area contributed by atoms with Crippen molar-refractivity contribution in [1.29, 1.82) is 0 Å². The van der Waals surface area contributed by atoms with Gasteiger partial charge in [-0.2, -0.15) is 0 Å². The molecule has 2 amide bonds. The number of anilines is 1. The lowest BCUT2D eigenvalue weighted by atomic mass is 10.1. The van der Waals surface area contributed by atoms with Crippen molar-refractivity contribution in [2.45, 2.75) is 6.42 Å². The highest BCUT2D eigenvalue weighted by molar-refractivity contribution is 6.39. The summed E-state index contributed by atoms with van der Waals surface area (Å²) < 4.78 is 10.6. The first kappa shape index (κ1) is 16.9. The Kier molecular flexibility index (Phi) is 4.61. The molecule has 2 aliphatic rings. The quantitative estimate of drug-likeness (QED) is 0.824. The van der Waals surface area contributed by atoms with E-state index < -0.39 is 0 Å². The summed E-state index contributed by atoms with van der Waals surface area (Å²) in [6, 6.07) is 14.8. The second-order valence-electron chi connectivity index (χ2n) is 6.03. The van der Waals surface area contributed by atoms with Crippen LogP contribution in [0.1, 0.15) is 5.56 Å². The Morgan fingerprint density at radius 3 is 2.81 bits per heavy atom. The number of nitrogens with zero attached hydrogens (tertiary/aromatic N) is 2. The standard InChI is InChI=1S/C19H18N4O4/c24-17-11-21-18(22-23(17)14-4-2-1-3-5-14)19(25)20-9-8-13-6-7-15-16(10-13)27-12-26-15/h1-7,10H,8-9,11-12H2,(H,20,25)(H,21,22). The molecule has 0 spiro atoms. The number of fused-ring (bicyclic) bond motifs is 1. The van der Waals surface area contributed by atoms with Gasteiger partial charge in [-0.05, 0) is 36.2 Å². The van der Waals surface area contributed by atoms with Crippen molar-refractivity contribution >= 4 is 23.3 Å². The second-order valence-corrected chi connectivity index (χ2v) is 6.03. The topological polar surface area (TPSA) is 92.3 Å². The molecule has 0 saturated heterocycles. The maximum atomic E-state index is 12.4. The normalized spacial score (nSPS) is 15.2. The van der Waals surface area contributed by atoms with Crippen LogP contribution in [0.5, 0.6) is 11.5 Å². The van der Waals surface area contributed by atoms with E-state index in [0.717, 1.165) is 11.3 Å². The van der Waals surface area contributed by atoms with Crippen LogP contribution < -0.4 is 25.2 Å². The Labute approximate surface area is 155 Å². The van der Waals surface area contributed by atoms with Crippen LogP contribution >= 0.6 is 0 Å².